The van der Waals surface area contributed by atoms with Crippen LogP contribution in [0.2, 0.25) is 5.02 Å². The summed E-state index contributed by atoms with van der Waals surface area (Å²) in [7, 11) is 0. The third kappa shape index (κ3) is 3.89. The van der Waals surface area contributed by atoms with Crippen LogP contribution in [0.1, 0.15) is 22.8 Å². The van der Waals surface area contributed by atoms with E-state index in [9.17, 15) is 4.79 Å². The summed E-state index contributed by atoms with van der Waals surface area (Å²) in [4.78, 5) is 11.0. The average molecular weight is 307 g/mol. The van der Waals surface area contributed by atoms with Gasteiger partial charge in [0.1, 0.15) is 6.61 Å². The number of benzene rings is 2. The van der Waals surface area contributed by atoms with Crippen LogP contribution in [0.3, 0.4) is 0 Å². The maximum absolute atomic E-state index is 11.0. The van der Waals surface area contributed by atoms with Crippen molar-refractivity contribution in [3.05, 3.63) is 58.6 Å². The molecule has 4 nitrogen and oxygen atoms in total. The minimum Gasteiger partial charge on any atom is -0.490 e. The Kier molecular flexibility index (Phi) is 5.06. The zero-order valence-electron chi connectivity index (χ0n) is 11.5. The van der Waals surface area contributed by atoms with E-state index in [0.717, 1.165) is 5.56 Å². The molecule has 2 aromatic carbocycles. The van der Waals surface area contributed by atoms with Crippen molar-refractivity contribution in [3.63, 3.8) is 0 Å². The molecule has 0 radical (unpaired) electrons. The molecule has 0 aliphatic heterocycles. The van der Waals surface area contributed by atoms with Gasteiger partial charge in [0.25, 0.3) is 0 Å². The SMILES string of the molecule is CCOc1cc(C(=O)O)cc(Cl)c1OCc1ccccc1. The number of hydrogen-bond acceptors (Lipinski definition) is 3. The van der Waals surface area contributed by atoms with Gasteiger partial charge in [-0.1, -0.05) is 41.9 Å². The van der Waals surface area contributed by atoms with E-state index in [2.05, 4.69) is 0 Å². The first kappa shape index (κ1) is 15.2. The fraction of sp³-hybridized carbons (Fsp3) is 0.188. The van der Waals surface area contributed by atoms with Gasteiger partial charge in [-0.15, -0.1) is 0 Å². The first-order valence-electron chi connectivity index (χ1n) is 6.48. The smallest absolute Gasteiger partial charge is 0.335 e. The fourth-order valence-electron chi connectivity index (χ4n) is 1.82. The molecule has 110 valence electrons. The maximum atomic E-state index is 11.0. The first-order chi connectivity index (χ1) is 10.1. The molecule has 0 aromatic heterocycles. The number of ether oxygens (including phenoxy) is 2. The van der Waals surface area contributed by atoms with Gasteiger partial charge in [-0.3, -0.25) is 0 Å². The zero-order chi connectivity index (χ0) is 15.2. The van der Waals surface area contributed by atoms with Crippen molar-refractivity contribution >= 4 is 17.6 Å². The molecule has 0 aliphatic rings. The Morgan fingerprint density at radius 2 is 1.90 bits per heavy atom. The van der Waals surface area contributed by atoms with Gasteiger partial charge in [-0.2, -0.15) is 0 Å². The van der Waals surface area contributed by atoms with Crippen LogP contribution in [0.25, 0.3) is 0 Å². The highest BCUT2D eigenvalue weighted by Gasteiger charge is 2.15. The maximum Gasteiger partial charge on any atom is 0.335 e. The van der Waals surface area contributed by atoms with E-state index < -0.39 is 5.97 Å². The van der Waals surface area contributed by atoms with Crippen molar-refractivity contribution < 1.29 is 19.4 Å². The second-order valence-electron chi connectivity index (χ2n) is 4.30. The standard InChI is InChI=1S/C16H15ClO4/c1-2-20-14-9-12(16(18)19)8-13(17)15(14)21-10-11-6-4-3-5-7-11/h3-9H,2,10H2,1H3,(H,18,19). The number of aromatic carboxylic acids is 1. The summed E-state index contributed by atoms with van der Waals surface area (Å²) in [5, 5.41) is 9.26. The van der Waals surface area contributed by atoms with Gasteiger partial charge in [-0.05, 0) is 24.6 Å². The fourth-order valence-corrected chi connectivity index (χ4v) is 2.09. The molecule has 21 heavy (non-hydrogen) atoms. The third-order valence-electron chi connectivity index (χ3n) is 2.78. The van der Waals surface area contributed by atoms with Gasteiger partial charge in [0, 0.05) is 0 Å². The normalized spacial score (nSPS) is 10.2. The molecule has 0 bridgehead atoms. The van der Waals surface area contributed by atoms with Crippen LogP contribution < -0.4 is 9.47 Å². The number of carboxylic acids is 1. The van der Waals surface area contributed by atoms with Crippen molar-refractivity contribution in [2.75, 3.05) is 6.61 Å². The lowest BCUT2D eigenvalue weighted by atomic mass is 10.2. The molecule has 0 amide bonds. The highest BCUT2D eigenvalue weighted by molar-refractivity contribution is 6.32. The van der Waals surface area contributed by atoms with E-state index in [0.29, 0.717) is 24.7 Å². The third-order valence-corrected chi connectivity index (χ3v) is 3.06. The quantitative estimate of drug-likeness (QED) is 0.876. The number of rotatable bonds is 6. The number of halogens is 1. The van der Waals surface area contributed by atoms with E-state index in [1.54, 1.807) is 0 Å². The van der Waals surface area contributed by atoms with E-state index >= 15 is 0 Å². The monoisotopic (exact) mass is 306 g/mol. The Morgan fingerprint density at radius 1 is 1.19 bits per heavy atom. The van der Waals surface area contributed by atoms with E-state index in [1.165, 1.54) is 12.1 Å². The van der Waals surface area contributed by atoms with E-state index in [4.69, 9.17) is 26.2 Å². The molecule has 0 atom stereocenters. The summed E-state index contributed by atoms with van der Waals surface area (Å²) >= 11 is 6.11. The summed E-state index contributed by atoms with van der Waals surface area (Å²) < 4.78 is 11.1. The van der Waals surface area contributed by atoms with Gasteiger partial charge in [0.15, 0.2) is 11.5 Å². The second-order valence-corrected chi connectivity index (χ2v) is 4.70. The predicted octanol–water partition coefficient (Wildman–Crippen LogP) is 4.02. The van der Waals surface area contributed by atoms with Gasteiger partial charge in [-0.25, -0.2) is 4.79 Å². The van der Waals surface area contributed by atoms with Gasteiger partial charge < -0.3 is 14.6 Å². The summed E-state index contributed by atoms with van der Waals surface area (Å²) in [6.45, 7) is 2.52. The predicted molar refractivity (Wildman–Crippen MR) is 80.4 cm³/mol. The van der Waals surface area contributed by atoms with Crippen LogP contribution in [0.4, 0.5) is 0 Å². The molecule has 0 heterocycles. The number of hydrogen-bond donors (Lipinski definition) is 1. The van der Waals surface area contributed by atoms with Crippen molar-refractivity contribution in [2.45, 2.75) is 13.5 Å². The molecule has 0 spiro atoms. The Bertz CT molecular complexity index is 626. The van der Waals surface area contributed by atoms with Gasteiger partial charge >= 0.3 is 5.97 Å². The molecule has 0 unspecified atom stereocenters. The lowest BCUT2D eigenvalue weighted by Crippen LogP contribution is -2.03. The van der Waals surface area contributed by atoms with Gasteiger partial charge in [0.2, 0.25) is 0 Å². The van der Waals surface area contributed by atoms with Crippen LogP contribution in [0, 0.1) is 0 Å². The Balaban J connectivity index is 2.26. The number of carbonyl (C=O) groups is 1. The second kappa shape index (κ2) is 6.99. The average Bonchev–Trinajstić information content (AvgIpc) is 2.47. The van der Waals surface area contributed by atoms with Crippen LogP contribution in [0.5, 0.6) is 11.5 Å². The van der Waals surface area contributed by atoms with E-state index in [-0.39, 0.29) is 10.6 Å². The molecular formula is C16H15ClO4. The van der Waals surface area contributed by atoms with Crippen LogP contribution in [0.15, 0.2) is 42.5 Å². The highest BCUT2D eigenvalue weighted by atomic mass is 35.5. The molecule has 0 saturated carbocycles. The van der Waals surface area contributed by atoms with Crippen LogP contribution in [-0.2, 0) is 6.61 Å². The van der Waals surface area contributed by atoms with E-state index in [1.807, 2.05) is 37.3 Å². The Labute approximate surface area is 127 Å². The summed E-state index contributed by atoms with van der Waals surface area (Å²) in [5.74, 6) is -0.377. The molecule has 0 aliphatic carbocycles. The molecule has 2 aromatic rings. The molecular weight excluding hydrogens is 292 g/mol. The van der Waals surface area contributed by atoms with Crippen LogP contribution in [-0.4, -0.2) is 17.7 Å². The summed E-state index contributed by atoms with van der Waals surface area (Å²) in [6.07, 6.45) is 0. The summed E-state index contributed by atoms with van der Waals surface area (Å²) in [6, 6.07) is 12.4. The molecule has 1 N–H and O–H groups in total. The first-order valence-corrected chi connectivity index (χ1v) is 6.86. The molecule has 0 saturated heterocycles. The molecule has 2 rings (SSSR count). The zero-order valence-corrected chi connectivity index (χ0v) is 12.3. The van der Waals surface area contributed by atoms with Crippen LogP contribution >= 0.6 is 11.6 Å². The van der Waals surface area contributed by atoms with Crippen molar-refractivity contribution in [2.24, 2.45) is 0 Å². The largest absolute Gasteiger partial charge is 0.490 e. The molecule has 5 heteroatoms. The number of carboxylic acid groups (broad SMARTS) is 1. The van der Waals surface area contributed by atoms with Gasteiger partial charge in [0.05, 0.1) is 17.2 Å². The minimum atomic E-state index is -1.06. The topological polar surface area (TPSA) is 55.8 Å². The Morgan fingerprint density at radius 3 is 2.52 bits per heavy atom. The van der Waals surface area contributed by atoms with Crippen molar-refractivity contribution in [1.29, 1.82) is 0 Å². The lowest BCUT2D eigenvalue weighted by Gasteiger charge is -2.14. The minimum absolute atomic E-state index is 0.0653. The summed E-state index contributed by atoms with van der Waals surface area (Å²) in [5.41, 5.74) is 1.05. The molecule has 0 fully saturated rings. The van der Waals surface area contributed by atoms with Crippen molar-refractivity contribution in [1.82, 2.24) is 0 Å². The van der Waals surface area contributed by atoms with Crippen molar-refractivity contribution in [3.8, 4) is 11.5 Å². The highest BCUT2D eigenvalue weighted by Crippen LogP contribution is 2.37. The lowest BCUT2D eigenvalue weighted by molar-refractivity contribution is 0.0696. The Hall–Kier alpha value is -2.20.